The van der Waals surface area contributed by atoms with Crippen molar-refractivity contribution in [2.75, 3.05) is 0 Å². The maximum Gasteiger partial charge on any atom is 0.159 e. The van der Waals surface area contributed by atoms with Crippen LogP contribution in [0.15, 0.2) is 73.1 Å². The van der Waals surface area contributed by atoms with Crippen LogP contribution in [-0.4, -0.2) is 14.5 Å². The third-order valence-corrected chi connectivity index (χ3v) is 5.23. The van der Waals surface area contributed by atoms with E-state index in [0.717, 1.165) is 33.1 Å². The molecule has 30 heavy (non-hydrogen) atoms. The maximum absolute atomic E-state index is 9.91. The molecule has 0 atom stereocenters. The summed E-state index contributed by atoms with van der Waals surface area (Å²) in [6.45, 7) is 2.08. The molecule has 3 aromatic carbocycles. The van der Waals surface area contributed by atoms with Crippen LogP contribution in [0.3, 0.4) is 0 Å². The minimum atomic E-state index is 0.399. The summed E-state index contributed by atoms with van der Waals surface area (Å²) in [4.78, 5) is 8.49. The number of benzene rings is 3. The lowest BCUT2D eigenvalue weighted by atomic mass is 10.1. The Labute approximate surface area is 173 Å². The largest absolute Gasteiger partial charge is 0.308 e. The van der Waals surface area contributed by atoms with Crippen molar-refractivity contribution in [1.82, 2.24) is 14.5 Å². The Morgan fingerprint density at radius 3 is 2.33 bits per heavy atom. The van der Waals surface area contributed by atoms with Crippen LogP contribution >= 0.6 is 0 Å². The Hall–Kier alpha value is -4.48. The Kier molecular flexibility index (Phi) is 4.02. The lowest BCUT2D eigenvalue weighted by Crippen LogP contribution is -1.99. The van der Waals surface area contributed by atoms with Crippen LogP contribution in [0, 0.1) is 29.6 Å². The number of nitrogens with zero attached hydrogens (tertiary/aromatic N) is 5. The zero-order valence-corrected chi connectivity index (χ0v) is 16.2. The monoisotopic (exact) mass is 385 g/mol. The molecule has 5 rings (SSSR count). The van der Waals surface area contributed by atoms with Crippen molar-refractivity contribution in [3.8, 4) is 29.2 Å². The van der Waals surface area contributed by atoms with Gasteiger partial charge < -0.3 is 4.57 Å². The lowest BCUT2D eigenvalue weighted by molar-refractivity contribution is 1.14. The highest BCUT2D eigenvalue weighted by Gasteiger charge is 2.15. The first-order valence-corrected chi connectivity index (χ1v) is 9.46. The second-order valence-electron chi connectivity index (χ2n) is 7.12. The van der Waals surface area contributed by atoms with Crippen molar-refractivity contribution in [3.63, 3.8) is 0 Å². The number of nitriles is 2. The van der Waals surface area contributed by atoms with E-state index in [1.807, 2.05) is 30.3 Å². The molecule has 5 aromatic rings. The number of aryl methyl sites for hydroxylation is 1. The average molecular weight is 385 g/mol. The Bertz CT molecular complexity index is 1510. The Morgan fingerprint density at radius 2 is 1.57 bits per heavy atom. The molecule has 0 saturated carbocycles. The lowest BCUT2D eigenvalue weighted by Gasteiger charge is -2.11. The van der Waals surface area contributed by atoms with Gasteiger partial charge in [-0.15, -0.1) is 0 Å². The van der Waals surface area contributed by atoms with E-state index in [4.69, 9.17) is 5.26 Å². The molecule has 0 aliphatic rings. The van der Waals surface area contributed by atoms with Gasteiger partial charge in [0.15, 0.2) is 5.82 Å². The first-order valence-electron chi connectivity index (χ1n) is 9.46. The summed E-state index contributed by atoms with van der Waals surface area (Å²) in [5.41, 5.74) is 5.78. The molecular formula is C25H15N5. The van der Waals surface area contributed by atoms with Crippen LogP contribution < -0.4 is 0 Å². The van der Waals surface area contributed by atoms with Gasteiger partial charge >= 0.3 is 0 Å². The molecular weight excluding hydrogens is 370 g/mol. The van der Waals surface area contributed by atoms with Crippen LogP contribution in [0.25, 0.3) is 38.9 Å². The standard InChI is InChI=1S/C25H15N5/c1-16-6-8-24-21(10-16)20-4-2-3-5-23(20)30(24)22-9-7-18(11-19(22)13-27)25-28-14-17(12-26)15-29-25/h2-11,14-15H,1H3. The molecule has 2 aromatic heterocycles. The fourth-order valence-electron chi connectivity index (χ4n) is 3.84. The number of aromatic nitrogens is 3. The zero-order chi connectivity index (χ0) is 20.7. The van der Waals surface area contributed by atoms with Gasteiger partial charge in [0.2, 0.25) is 0 Å². The smallest absolute Gasteiger partial charge is 0.159 e. The number of fused-ring (bicyclic) bond motifs is 3. The average Bonchev–Trinajstić information content (AvgIpc) is 3.12. The first kappa shape index (κ1) is 17.6. The van der Waals surface area contributed by atoms with E-state index in [2.05, 4.69) is 57.9 Å². The molecule has 0 aliphatic carbocycles. The molecule has 0 unspecified atom stereocenters. The van der Waals surface area contributed by atoms with Crippen molar-refractivity contribution in [2.24, 2.45) is 0 Å². The van der Waals surface area contributed by atoms with Crippen molar-refractivity contribution < 1.29 is 0 Å². The molecule has 0 radical (unpaired) electrons. The van der Waals surface area contributed by atoms with E-state index in [1.54, 1.807) is 6.07 Å². The molecule has 5 nitrogen and oxygen atoms in total. The van der Waals surface area contributed by atoms with Gasteiger partial charge in [-0.2, -0.15) is 10.5 Å². The molecule has 2 heterocycles. The summed E-state index contributed by atoms with van der Waals surface area (Å²) in [6, 6.07) is 24.6. The van der Waals surface area contributed by atoms with Crippen LogP contribution in [0.5, 0.6) is 0 Å². The van der Waals surface area contributed by atoms with Gasteiger partial charge in [-0.3, -0.25) is 0 Å². The van der Waals surface area contributed by atoms with E-state index in [0.29, 0.717) is 17.0 Å². The van der Waals surface area contributed by atoms with Gasteiger partial charge in [0.05, 0.1) is 27.8 Å². The molecule has 0 bridgehead atoms. The molecule has 140 valence electrons. The van der Waals surface area contributed by atoms with Gasteiger partial charge in [0.1, 0.15) is 12.1 Å². The number of rotatable bonds is 2. The Morgan fingerprint density at radius 1 is 0.800 bits per heavy atom. The molecule has 0 saturated heterocycles. The Balaban J connectivity index is 1.75. The second-order valence-corrected chi connectivity index (χ2v) is 7.12. The van der Waals surface area contributed by atoms with Gasteiger partial charge in [0.25, 0.3) is 0 Å². The van der Waals surface area contributed by atoms with Gasteiger partial charge in [-0.25, -0.2) is 9.97 Å². The summed E-state index contributed by atoms with van der Waals surface area (Å²) < 4.78 is 2.13. The summed E-state index contributed by atoms with van der Waals surface area (Å²) in [5, 5.41) is 21.2. The third-order valence-electron chi connectivity index (χ3n) is 5.23. The fraction of sp³-hybridized carbons (Fsp3) is 0.0400. The fourth-order valence-corrected chi connectivity index (χ4v) is 3.84. The van der Waals surface area contributed by atoms with Crippen LogP contribution in [0.2, 0.25) is 0 Å². The van der Waals surface area contributed by atoms with Crippen LogP contribution in [0.4, 0.5) is 0 Å². The van der Waals surface area contributed by atoms with E-state index in [-0.39, 0.29) is 0 Å². The summed E-state index contributed by atoms with van der Waals surface area (Å²) in [5.74, 6) is 0.481. The van der Waals surface area contributed by atoms with Gasteiger partial charge in [-0.05, 0) is 43.3 Å². The minimum absolute atomic E-state index is 0.399. The summed E-state index contributed by atoms with van der Waals surface area (Å²) in [7, 11) is 0. The van der Waals surface area contributed by atoms with Crippen molar-refractivity contribution in [1.29, 1.82) is 10.5 Å². The predicted octanol–water partition coefficient (Wildman–Crippen LogP) is 5.29. The predicted molar refractivity (Wildman–Crippen MR) is 116 cm³/mol. The van der Waals surface area contributed by atoms with E-state index >= 15 is 0 Å². The van der Waals surface area contributed by atoms with E-state index in [9.17, 15) is 5.26 Å². The van der Waals surface area contributed by atoms with Gasteiger partial charge in [0, 0.05) is 28.7 Å². The quantitative estimate of drug-likeness (QED) is 0.413. The highest BCUT2D eigenvalue weighted by Crippen LogP contribution is 2.34. The number of para-hydroxylation sites is 1. The second kappa shape index (κ2) is 6.84. The molecule has 0 aliphatic heterocycles. The van der Waals surface area contributed by atoms with Crippen LogP contribution in [-0.2, 0) is 0 Å². The first-order chi connectivity index (χ1) is 14.7. The van der Waals surface area contributed by atoms with Crippen molar-refractivity contribution >= 4 is 21.8 Å². The normalized spacial score (nSPS) is 10.8. The SMILES string of the molecule is Cc1ccc2c(c1)c1ccccc1n2-c1ccc(-c2ncc(C#N)cn2)cc1C#N. The molecule has 5 heteroatoms. The van der Waals surface area contributed by atoms with Gasteiger partial charge in [-0.1, -0.05) is 29.8 Å². The maximum atomic E-state index is 9.91. The van der Waals surface area contributed by atoms with E-state index in [1.165, 1.54) is 18.0 Å². The minimum Gasteiger partial charge on any atom is -0.308 e. The zero-order valence-electron chi connectivity index (χ0n) is 16.2. The van der Waals surface area contributed by atoms with Crippen LogP contribution in [0.1, 0.15) is 16.7 Å². The van der Waals surface area contributed by atoms with Crippen molar-refractivity contribution in [3.05, 3.63) is 89.7 Å². The summed E-state index contributed by atoms with van der Waals surface area (Å²) in [6.07, 6.45) is 2.97. The van der Waals surface area contributed by atoms with E-state index < -0.39 is 0 Å². The molecule has 0 fully saturated rings. The molecule has 0 amide bonds. The molecule has 0 spiro atoms. The summed E-state index contributed by atoms with van der Waals surface area (Å²) >= 11 is 0. The number of hydrogen-bond acceptors (Lipinski definition) is 4. The molecule has 0 N–H and O–H groups in total. The van der Waals surface area contributed by atoms with Crippen molar-refractivity contribution in [2.45, 2.75) is 6.92 Å². The third kappa shape index (κ3) is 2.70. The number of hydrogen-bond donors (Lipinski definition) is 0. The topological polar surface area (TPSA) is 78.3 Å². The highest BCUT2D eigenvalue weighted by molar-refractivity contribution is 6.09. The highest BCUT2D eigenvalue weighted by atomic mass is 15.0.